The van der Waals surface area contributed by atoms with Gasteiger partial charge >= 0.3 is 6.18 Å². The number of pyridine rings is 1. The van der Waals surface area contributed by atoms with Crippen molar-refractivity contribution in [2.45, 2.75) is 19.5 Å². The predicted octanol–water partition coefficient (Wildman–Crippen LogP) is 3.40. The molecule has 26 heavy (non-hydrogen) atoms. The van der Waals surface area contributed by atoms with Gasteiger partial charge in [0.15, 0.2) is 0 Å². The van der Waals surface area contributed by atoms with E-state index in [0.717, 1.165) is 17.7 Å². The Morgan fingerprint density at radius 2 is 2.04 bits per heavy atom. The van der Waals surface area contributed by atoms with Crippen LogP contribution in [0.15, 0.2) is 42.6 Å². The second-order valence-corrected chi connectivity index (χ2v) is 6.11. The lowest BCUT2D eigenvalue weighted by molar-refractivity contribution is -0.137. The van der Waals surface area contributed by atoms with Crippen LogP contribution in [0.2, 0.25) is 0 Å². The number of benzene rings is 1. The number of halogens is 3. The Morgan fingerprint density at radius 1 is 1.27 bits per heavy atom. The van der Waals surface area contributed by atoms with Crippen molar-refractivity contribution in [3.05, 3.63) is 53.7 Å². The van der Waals surface area contributed by atoms with Crippen LogP contribution in [0.3, 0.4) is 0 Å². The van der Waals surface area contributed by atoms with Gasteiger partial charge in [-0.25, -0.2) is 4.98 Å². The minimum Gasteiger partial charge on any atom is -0.312 e. The molecule has 5 nitrogen and oxygen atoms in total. The van der Waals surface area contributed by atoms with E-state index >= 15 is 0 Å². The first-order valence-electron chi connectivity index (χ1n) is 7.96. The molecule has 0 spiro atoms. The molecule has 0 bridgehead atoms. The van der Waals surface area contributed by atoms with Crippen LogP contribution in [0.1, 0.15) is 17.5 Å². The maximum Gasteiger partial charge on any atom is 0.416 e. The van der Waals surface area contributed by atoms with Gasteiger partial charge in [0.05, 0.1) is 11.5 Å². The second-order valence-electron chi connectivity index (χ2n) is 6.11. The van der Waals surface area contributed by atoms with Crippen LogP contribution < -0.4 is 10.2 Å². The third-order valence-corrected chi connectivity index (χ3v) is 4.23. The monoisotopic (exact) mass is 363 g/mol. The van der Waals surface area contributed by atoms with Crippen molar-refractivity contribution in [1.29, 1.82) is 0 Å². The number of carbonyl (C=O) groups is 2. The molecule has 1 N–H and O–H groups in total. The lowest BCUT2D eigenvalue weighted by Gasteiger charge is -2.18. The van der Waals surface area contributed by atoms with E-state index in [0.29, 0.717) is 5.82 Å². The Morgan fingerprint density at radius 3 is 2.73 bits per heavy atom. The average Bonchev–Trinajstić information content (AvgIpc) is 2.98. The quantitative estimate of drug-likeness (QED) is 0.909. The number of alkyl halides is 3. The highest BCUT2D eigenvalue weighted by Gasteiger charge is 2.37. The number of anilines is 2. The molecule has 2 amide bonds. The standard InChI is InChI=1S/C18H16F3N3O2/c1-11-4-3-7-22-16(11)23-17(26)12-8-15(25)24(10-12)14-6-2-5-13(9-14)18(19,20)21/h2-7,9,12H,8,10H2,1H3,(H,22,23,26). The van der Waals surface area contributed by atoms with Crippen molar-refractivity contribution in [3.63, 3.8) is 0 Å². The lowest BCUT2D eigenvalue weighted by Crippen LogP contribution is -2.28. The molecule has 1 aliphatic rings. The number of nitrogens with one attached hydrogen (secondary N) is 1. The molecule has 1 aromatic carbocycles. The van der Waals surface area contributed by atoms with Crippen LogP contribution in [-0.4, -0.2) is 23.3 Å². The van der Waals surface area contributed by atoms with Crippen molar-refractivity contribution >= 4 is 23.3 Å². The van der Waals surface area contributed by atoms with Crippen molar-refractivity contribution in [1.82, 2.24) is 4.98 Å². The van der Waals surface area contributed by atoms with Gasteiger partial charge in [-0.1, -0.05) is 12.1 Å². The molecule has 2 heterocycles. The van der Waals surface area contributed by atoms with Crippen LogP contribution in [-0.2, 0) is 15.8 Å². The van der Waals surface area contributed by atoms with Crippen molar-refractivity contribution in [2.24, 2.45) is 5.92 Å². The molecular weight excluding hydrogens is 347 g/mol. The number of carbonyl (C=O) groups excluding carboxylic acids is 2. The zero-order valence-electron chi connectivity index (χ0n) is 13.9. The van der Waals surface area contributed by atoms with E-state index in [4.69, 9.17) is 0 Å². The van der Waals surface area contributed by atoms with Gasteiger partial charge in [-0.2, -0.15) is 13.2 Å². The lowest BCUT2D eigenvalue weighted by atomic mass is 10.1. The van der Waals surface area contributed by atoms with E-state index in [1.807, 2.05) is 0 Å². The van der Waals surface area contributed by atoms with Crippen LogP contribution in [0, 0.1) is 12.8 Å². The van der Waals surface area contributed by atoms with Gasteiger partial charge in [0, 0.05) is 24.8 Å². The van der Waals surface area contributed by atoms with Crippen LogP contribution in [0.25, 0.3) is 0 Å². The fourth-order valence-electron chi connectivity index (χ4n) is 2.82. The third kappa shape index (κ3) is 3.68. The van der Waals surface area contributed by atoms with Gasteiger partial charge < -0.3 is 10.2 Å². The van der Waals surface area contributed by atoms with Gasteiger partial charge in [-0.3, -0.25) is 9.59 Å². The van der Waals surface area contributed by atoms with Gasteiger partial charge in [0.1, 0.15) is 5.82 Å². The largest absolute Gasteiger partial charge is 0.416 e. The third-order valence-electron chi connectivity index (χ3n) is 4.23. The summed E-state index contributed by atoms with van der Waals surface area (Å²) in [6, 6.07) is 8.06. The minimum atomic E-state index is -4.49. The second kappa shape index (κ2) is 6.78. The fourth-order valence-corrected chi connectivity index (χ4v) is 2.82. The molecular formula is C18H16F3N3O2. The van der Waals surface area contributed by atoms with Crippen molar-refractivity contribution < 1.29 is 22.8 Å². The SMILES string of the molecule is Cc1cccnc1NC(=O)C1CC(=O)N(c2cccc(C(F)(F)F)c2)C1. The maximum atomic E-state index is 12.9. The Labute approximate surface area is 147 Å². The van der Waals surface area contributed by atoms with Crippen molar-refractivity contribution in [2.75, 3.05) is 16.8 Å². The first-order valence-corrected chi connectivity index (χ1v) is 7.96. The molecule has 1 atom stereocenters. The molecule has 1 aliphatic heterocycles. The molecule has 1 saturated heterocycles. The van der Waals surface area contributed by atoms with Crippen LogP contribution >= 0.6 is 0 Å². The molecule has 0 radical (unpaired) electrons. The van der Waals surface area contributed by atoms with E-state index < -0.39 is 17.7 Å². The molecule has 8 heteroatoms. The number of rotatable bonds is 3. The van der Waals surface area contributed by atoms with Gasteiger partial charge in [-0.05, 0) is 36.8 Å². The van der Waals surface area contributed by atoms with Gasteiger partial charge in [0.2, 0.25) is 11.8 Å². The number of amides is 2. The van der Waals surface area contributed by atoms with E-state index in [-0.39, 0.29) is 30.5 Å². The van der Waals surface area contributed by atoms with Crippen LogP contribution in [0.4, 0.5) is 24.7 Å². The highest BCUT2D eigenvalue weighted by molar-refractivity contribution is 6.03. The zero-order chi connectivity index (χ0) is 18.9. The number of nitrogens with zero attached hydrogens (tertiary/aromatic N) is 2. The summed E-state index contributed by atoms with van der Waals surface area (Å²) >= 11 is 0. The number of hydrogen-bond acceptors (Lipinski definition) is 3. The van der Waals surface area contributed by atoms with E-state index in [2.05, 4.69) is 10.3 Å². The summed E-state index contributed by atoms with van der Waals surface area (Å²) in [5.74, 6) is -1.02. The van der Waals surface area contributed by atoms with Crippen LogP contribution in [0.5, 0.6) is 0 Å². The molecule has 1 fully saturated rings. The molecule has 1 aromatic heterocycles. The number of hydrogen-bond donors (Lipinski definition) is 1. The first-order chi connectivity index (χ1) is 12.3. The molecule has 136 valence electrons. The maximum absolute atomic E-state index is 12.9. The summed E-state index contributed by atoms with van der Waals surface area (Å²) in [4.78, 5) is 29.9. The van der Waals surface area contributed by atoms with Crippen molar-refractivity contribution in [3.8, 4) is 0 Å². The summed E-state index contributed by atoms with van der Waals surface area (Å²) in [5.41, 5.74) is 0.0776. The van der Waals surface area contributed by atoms with E-state index in [9.17, 15) is 22.8 Å². The molecule has 0 saturated carbocycles. The Balaban J connectivity index is 1.75. The average molecular weight is 363 g/mol. The fraction of sp³-hybridized carbons (Fsp3) is 0.278. The summed E-state index contributed by atoms with van der Waals surface area (Å²) in [5, 5.41) is 2.67. The summed E-state index contributed by atoms with van der Waals surface area (Å²) in [7, 11) is 0. The Kier molecular flexibility index (Phi) is 4.67. The predicted molar refractivity (Wildman–Crippen MR) is 89.5 cm³/mol. The summed E-state index contributed by atoms with van der Waals surface area (Å²) < 4.78 is 38.6. The molecule has 1 unspecified atom stereocenters. The summed E-state index contributed by atoms with van der Waals surface area (Å²) in [6.45, 7) is 1.81. The normalized spacial score (nSPS) is 17.5. The molecule has 3 rings (SSSR count). The van der Waals surface area contributed by atoms with E-state index in [1.54, 1.807) is 19.1 Å². The number of aryl methyl sites for hydroxylation is 1. The highest BCUT2D eigenvalue weighted by Crippen LogP contribution is 2.33. The Bertz CT molecular complexity index is 852. The van der Waals surface area contributed by atoms with Gasteiger partial charge in [-0.15, -0.1) is 0 Å². The minimum absolute atomic E-state index is 0.0257. The van der Waals surface area contributed by atoms with E-state index in [1.165, 1.54) is 23.2 Å². The summed E-state index contributed by atoms with van der Waals surface area (Å²) in [6.07, 6.45) is -3.02. The topological polar surface area (TPSA) is 62.3 Å². The number of aromatic nitrogens is 1. The zero-order valence-corrected chi connectivity index (χ0v) is 13.9. The molecule has 2 aromatic rings. The van der Waals surface area contributed by atoms with Gasteiger partial charge in [0.25, 0.3) is 0 Å². The Hall–Kier alpha value is -2.90. The molecule has 0 aliphatic carbocycles. The highest BCUT2D eigenvalue weighted by atomic mass is 19.4. The first kappa shape index (κ1) is 17.9. The smallest absolute Gasteiger partial charge is 0.312 e.